The maximum Gasteiger partial charge on any atom is 0.247 e. The Labute approximate surface area is 144 Å². The molecule has 0 spiro atoms. The van der Waals surface area contributed by atoms with Crippen molar-refractivity contribution in [3.05, 3.63) is 29.0 Å². The molecule has 0 bridgehead atoms. The lowest BCUT2D eigenvalue weighted by atomic mass is 9.81. The van der Waals surface area contributed by atoms with Gasteiger partial charge in [-0.15, -0.1) is 0 Å². The number of likely N-dealkylation sites (tertiary alicyclic amines) is 1. The van der Waals surface area contributed by atoms with Crippen LogP contribution >= 0.6 is 11.6 Å². The summed E-state index contributed by atoms with van der Waals surface area (Å²) in [4.78, 5) is 38.4. The summed E-state index contributed by atoms with van der Waals surface area (Å²) in [6, 6.07) is 3.26. The molecule has 3 unspecified atom stereocenters. The summed E-state index contributed by atoms with van der Waals surface area (Å²) in [6.45, 7) is 1.48. The molecule has 2 aliphatic rings. The van der Waals surface area contributed by atoms with Gasteiger partial charge in [0, 0.05) is 0 Å². The van der Waals surface area contributed by atoms with E-state index in [2.05, 4.69) is 5.32 Å². The van der Waals surface area contributed by atoms with Crippen LogP contribution < -0.4 is 5.32 Å². The summed E-state index contributed by atoms with van der Waals surface area (Å²) in [5.74, 6) is -2.57. The summed E-state index contributed by atoms with van der Waals surface area (Å²) in [5, 5.41) is 2.29. The summed E-state index contributed by atoms with van der Waals surface area (Å²) >= 11 is 5.69. The topological polar surface area (TPSA) is 66.5 Å². The zero-order valence-electron chi connectivity index (χ0n) is 13.2. The number of halogens is 2. The van der Waals surface area contributed by atoms with Gasteiger partial charge in [0.1, 0.15) is 6.04 Å². The van der Waals surface area contributed by atoms with E-state index in [1.165, 1.54) is 25.1 Å². The molecule has 7 heteroatoms. The van der Waals surface area contributed by atoms with E-state index >= 15 is 0 Å². The molecule has 1 heterocycles. The Bertz CT molecular complexity index is 685. The van der Waals surface area contributed by atoms with Crippen molar-refractivity contribution in [2.45, 2.75) is 38.6 Å². The molecule has 1 N–H and O–H groups in total. The van der Waals surface area contributed by atoms with Crippen molar-refractivity contribution >= 4 is 35.0 Å². The predicted octanol–water partition coefficient (Wildman–Crippen LogP) is 2.98. The molecule has 24 heavy (non-hydrogen) atoms. The molecule has 3 amide bonds. The molecule has 0 radical (unpaired) electrons. The van der Waals surface area contributed by atoms with E-state index in [-0.39, 0.29) is 34.4 Å². The van der Waals surface area contributed by atoms with E-state index in [0.29, 0.717) is 12.8 Å². The summed E-state index contributed by atoms with van der Waals surface area (Å²) in [5.41, 5.74) is -0.0733. The molecule has 5 nitrogen and oxygen atoms in total. The lowest BCUT2D eigenvalue weighted by molar-refractivity contribution is -0.146. The van der Waals surface area contributed by atoms with E-state index in [1.54, 1.807) is 0 Å². The first-order valence-corrected chi connectivity index (χ1v) is 8.41. The Hall–Kier alpha value is -1.95. The minimum Gasteiger partial charge on any atom is -0.322 e. The summed E-state index contributed by atoms with van der Waals surface area (Å²) in [7, 11) is 0. The molecular formula is C17H18ClFN2O3. The first-order valence-electron chi connectivity index (χ1n) is 8.03. The Morgan fingerprint density at radius 2 is 1.83 bits per heavy atom. The largest absolute Gasteiger partial charge is 0.322 e. The third-order valence-electron chi connectivity index (χ3n) is 4.85. The third-order valence-corrected chi connectivity index (χ3v) is 5.14. The van der Waals surface area contributed by atoms with Gasteiger partial charge in [-0.3, -0.25) is 19.3 Å². The fourth-order valence-electron chi connectivity index (χ4n) is 3.52. The normalized spacial score (nSPS) is 24.7. The quantitative estimate of drug-likeness (QED) is 0.850. The van der Waals surface area contributed by atoms with Gasteiger partial charge in [-0.2, -0.15) is 0 Å². The molecule has 128 valence electrons. The Kier molecular flexibility index (Phi) is 4.58. The highest BCUT2D eigenvalue weighted by molar-refractivity contribution is 6.31. The molecule has 2 fully saturated rings. The second-order valence-electron chi connectivity index (χ2n) is 6.31. The number of nitrogens with one attached hydrogen (secondary N) is 1. The van der Waals surface area contributed by atoms with E-state index in [4.69, 9.17) is 11.6 Å². The van der Waals surface area contributed by atoms with Crippen LogP contribution in [0.1, 0.15) is 32.6 Å². The van der Waals surface area contributed by atoms with Gasteiger partial charge in [0.2, 0.25) is 17.7 Å². The van der Waals surface area contributed by atoms with Gasteiger partial charge >= 0.3 is 0 Å². The minimum absolute atomic E-state index is 0.0733. The fourth-order valence-corrected chi connectivity index (χ4v) is 3.70. The minimum atomic E-state index is -0.992. The predicted molar refractivity (Wildman–Crippen MR) is 86.8 cm³/mol. The van der Waals surface area contributed by atoms with Crippen molar-refractivity contribution in [3.63, 3.8) is 0 Å². The summed E-state index contributed by atoms with van der Waals surface area (Å²) < 4.78 is 13.9. The van der Waals surface area contributed by atoms with Crippen molar-refractivity contribution in [2.24, 2.45) is 11.8 Å². The van der Waals surface area contributed by atoms with Crippen LogP contribution in [0, 0.1) is 17.7 Å². The van der Waals surface area contributed by atoms with Gasteiger partial charge in [0.25, 0.3) is 0 Å². The lowest BCUT2D eigenvalue weighted by Crippen LogP contribution is -2.46. The molecule has 1 saturated heterocycles. The zero-order valence-corrected chi connectivity index (χ0v) is 14.0. The highest BCUT2D eigenvalue weighted by Crippen LogP contribution is 2.39. The molecule has 3 atom stereocenters. The number of amides is 3. The number of benzene rings is 1. The van der Waals surface area contributed by atoms with E-state index < -0.39 is 17.8 Å². The van der Waals surface area contributed by atoms with Crippen molar-refractivity contribution in [3.8, 4) is 0 Å². The average molecular weight is 353 g/mol. The van der Waals surface area contributed by atoms with Gasteiger partial charge in [-0.1, -0.05) is 30.5 Å². The molecule has 1 aliphatic heterocycles. The monoisotopic (exact) mass is 352 g/mol. The van der Waals surface area contributed by atoms with Crippen LogP contribution in [0.5, 0.6) is 0 Å². The van der Waals surface area contributed by atoms with Crippen LogP contribution in [0.3, 0.4) is 0 Å². The molecule has 1 saturated carbocycles. The number of carbonyl (C=O) groups excluding carboxylic acids is 3. The first kappa shape index (κ1) is 16.9. The molecule has 1 aromatic carbocycles. The van der Waals surface area contributed by atoms with Crippen LogP contribution in [-0.4, -0.2) is 28.7 Å². The first-order chi connectivity index (χ1) is 11.4. The van der Waals surface area contributed by atoms with Gasteiger partial charge < -0.3 is 5.32 Å². The standard InChI is InChI=1S/C17H18ClFN2O3/c1-9(15(22)20-13-8-4-7-12(18)14(13)19)21-16(23)10-5-2-3-6-11(10)17(21)24/h4,7-11H,2-3,5-6H2,1H3,(H,20,22). The highest BCUT2D eigenvalue weighted by Gasteiger charge is 2.50. The zero-order chi connectivity index (χ0) is 17.4. The Morgan fingerprint density at radius 3 is 2.42 bits per heavy atom. The number of hydrogen-bond donors (Lipinski definition) is 1. The number of fused-ring (bicyclic) bond motifs is 1. The van der Waals surface area contributed by atoms with Crippen LogP contribution in [0.2, 0.25) is 5.02 Å². The van der Waals surface area contributed by atoms with Crippen molar-refractivity contribution < 1.29 is 18.8 Å². The maximum atomic E-state index is 13.9. The van der Waals surface area contributed by atoms with Gasteiger partial charge in [0.15, 0.2) is 5.82 Å². The average Bonchev–Trinajstić information content (AvgIpc) is 2.83. The molecular weight excluding hydrogens is 335 g/mol. The lowest BCUT2D eigenvalue weighted by Gasteiger charge is -2.22. The third kappa shape index (κ3) is 2.79. The van der Waals surface area contributed by atoms with Gasteiger partial charge in [-0.05, 0) is 31.9 Å². The number of anilines is 1. The Balaban J connectivity index is 1.77. The van der Waals surface area contributed by atoms with E-state index in [1.807, 2.05) is 0 Å². The van der Waals surface area contributed by atoms with Crippen molar-refractivity contribution in [2.75, 3.05) is 5.32 Å². The van der Waals surface area contributed by atoms with Crippen LogP contribution in [0.4, 0.5) is 10.1 Å². The molecule has 1 aromatic rings. The van der Waals surface area contributed by atoms with Crippen molar-refractivity contribution in [1.29, 1.82) is 0 Å². The number of imide groups is 1. The number of nitrogens with zero attached hydrogens (tertiary/aromatic N) is 1. The number of rotatable bonds is 3. The maximum absolute atomic E-state index is 13.9. The number of carbonyl (C=O) groups is 3. The van der Waals surface area contributed by atoms with Gasteiger partial charge in [0.05, 0.1) is 22.5 Å². The summed E-state index contributed by atoms with van der Waals surface area (Å²) in [6.07, 6.45) is 3.21. The van der Waals surface area contributed by atoms with Crippen LogP contribution in [0.15, 0.2) is 18.2 Å². The van der Waals surface area contributed by atoms with Crippen molar-refractivity contribution in [1.82, 2.24) is 4.90 Å². The second-order valence-corrected chi connectivity index (χ2v) is 6.72. The molecule has 1 aliphatic carbocycles. The number of hydrogen-bond acceptors (Lipinski definition) is 3. The SMILES string of the molecule is CC(C(=O)Nc1cccc(Cl)c1F)N1C(=O)C2CCCCC2C1=O. The van der Waals surface area contributed by atoms with Gasteiger partial charge in [-0.25, -0.2) is 4.39 Å². The van der Waals surface area contributed by atoms with E-state index in [0.717, 1.165) is 17.7 Å². The van der Waals surface area contributed by atoms with Crippen LogP contribution in [0.25, 0.3) is 0 Å². The van der Waals surface area contributed by atoms with Crippen LogP contribution in [-0.2, 0) is 14.4 Å². The Morgan fingerprint density at radius 1 is 1.25 bits per heavy atom. The molecule has 0 aromatic heterocycles. The highest BCUT2D eigenvalue weighted by atomic mass is 35.5. The molecule has 3 rings (SSSR count). The van der Waals surface area contributed by atoms with E-state index in [9.17, 15) is 18.8 Å². The fraction of sp³-hybridized carbons (Fsp3) is 0.471. The smallest absolute Gasteiger partial charge is 0.247 e. The second kappa shape index (κ2) is 6.51.